The Morgan fingerprint density at radius 1 is 0.239 bits per heavy atom. The second kappa shape index (κ2) is 14.6. The van der Waals surface area contributed by atoms with Crippen molar-refractivity contribution in [3.63, 3.8) is 0 Å². The van der Waals surface area contributed by atoms with Gasteiger partial charge >= 0.3 is 356 Å². The molecular weight excluding hydrogens is 912 g/mol. The van der Waals surface area contributed by atoms with E-state index in [0.29, 0.717) is 0 Å². The van der Waals surface area contributed by atoms with Crippen LogP contribution in [0.5, 0.6) is 0 Å². The first-order chi connectivity index (χ1) is 33.2. The minimum atomic E-state index is 0.131. The quantitative estimate of drug-likeness (QED) is 0.122. The molecule has 3 heteroatoms. The summed E-state index contributed by atoms with van der Waals surface area (Å²) in [5.74, 6) is 0. The van der Waals surface area contributed by atoms with Gasteiger partial charge in [-0.3, -0.25) is 0 Å². The Kier molecular flexibility index (Phi) is 8.22. The van der Waals surface area contributed by atoms with E-state index < -0.39 is 0 Å². The van der Waals surface area contributed by atoms with E-state index in [1.807, 2.05) is 22.7 Å². The molecule has 0 amide bonds. The topological polar surface area (TPSA) is 0 Å². The molecule has 12 aromatic carbocycles. The molecular formula is C64H36S2Se. The molecule has 0 spiro atoms. The fourth-order valence-electron chi connectivity index (χ4n) is 11.4. The monoisotopic (exact) mass is 948 g/mol. The van der Waals surface area contributed by atoms with Gasteiger partial charge in [-0.2, -0.15) is 0 Å². The summed E-state index contributed by atoms with van der Waals surface area (Å²) in [6.45, 7) is 0. The van der Waals surface area contributed by atoms with Gasteiger partial charge in [0.2, 0.25) is 0 Å². The van der Waals surface area contributed by atoms with Crippen molar-refractivity contribution in [2.45, 2.75) is 0 Å². The summed E-state index contributed by atoms with van der Waals surface area (Å²) in [5.41, 5.74) is 10.4. The predicted octanol–water partition coefficient (Wildman–Crippen LogP) is 19.1. The molecule has 0 N–H and O–H groups in total. The summed E-state index contributed by atoms with van der Waals surface area (Å²) in [6, 6.07) is 82.6. The average Bonchev–Trinajstić information content (AvgIpc) is 4.08. The molecule has 0 aliphatic rings. The first kappa shape index (κ1) is 37.8. The van der Waals surface area contributed by atoms with Gasteiger partial charge in [-0.1, -0.05) is 30.3 Å². The molecule has 0 unspecified atom stereocenters. The van der Waals surface area contributed by atoms with Gasteiger partial charge in [0.15, 0.2) is 0 Å². The van der Waals surface area contributed by atoms with Crippen LogP contribution in [-0.4, -0.2) is 14.5 Å². The summed E-state index contributed by atoms with van der Waals surface area (Å²) in [6.07, 6.45) is 0. The molecule has 0 aliphatic heterocycles. The van der Waals surface area contributed by atoms with Gasteiger partial charge in [0.05, 0.1) is 0 Å². The van der Waals surface area contributed by atoms with E-state index in [0.717, 1.165) is 0 Å². The Balaban J connectivity index is 0.928. The van der Waals surface area contributed by atoms with E-state index in [1.54, 1.807) is 0 Å². The summed E-state index contributed by atoms with van der Waals surface area (Å²) in [4.78, 5) is 0. The summed E-state index contributed by atoms with van der Waals surface area (Å²) in [5, 5.41) is 18.4. The van der Waals surface area contributed by atoms with Gasteiger partial charge in [0.1, 0.15) is 0 Å². The zero-order chi connectivity index (χ0) is 43.7. The summed E-state index contributed by atoms with van der Waals surface area (Å²) in [7, 11) is 0. The van der Waals surface area contributed by atoms with E-state index in [4.69, 9.17) is 0 Å². The Morgan fingerprint density at radius 2 is 0.597 bits per heavy atom. The second-order valence-electron chi connectivity index (χ2n) is 17.8. The minimum absolute atomic E-state index is 0.131. The molecule has 0 radical (unpaired) electrons. The number of hydrogen-bond donors (Lipinski definition) is 0. The van der Waals surface area contributed by atoms with Crippen LogP contribution in [0.25, 0.3) is 147 Å². The number of benzene rings is 12. The van der Waals surface area contributed by atoms with Gasteiger partial charge in [-0.15, -0.1) is 0 Å². The maximum absolute atomic E-state index is 2.51. The molecule has 0 fully saturated rings. The van der Waals surface area contributed by atoms with Gasteiger partial charge in [-0.25, -0.2) is 0 Å². The van der Waals surface area contributed by atoms with Gasteiger partial charge < -0.3 is 0 Å². The summed E-state index contributed by atoms with van der Waals surface area (Å²) >= 11 is 3.91. The molecule has 67 heavy (non-hydrogen) atoms. The van der Waals surface area contributed by atoms with Crippen molar-refractivity contribution in [1.29, 1.82) is 0 Å². The van der Waals surface area contributed by atoms with Gasteiger partial charge in [-0.05, 0) is 6.07 Å². The number of fused-ring (bicyclic) bond motifs is 13. The third kappa shape index (κ3) is 5.58. The first-order valence-corrected chi connectivity index (χ1v) is 26.2. The van der Waals surface area contributed by atoms with Crippen LogP contribution in [0.15, 0.2) is 218 Å². The predicted molar refractivity (Wildman–Crippen MR) is 296 cm³/mol. The van der Waals surface area contributed by atoms with Gasteiger partial charge in [0, 0.05) is 10.1 Å². The van der Waals surface area contributed by atoms with Crippen molar-refractivity contribution in [3.8, 4) is 44.5 Å². The van der Waals surface area contributed by atoms with Crippen molar-refractivity contribution in [1.82, 2.24) is 0 Å². The van der Waals surface area contributed by atoms with Crippen molar-refractivity contribution in [3.05, 3.63) is 218 Å². The van der Waals surface area contributed by atoms with E-state index in [-0.39, 0.29) is 14.5 Å². The van der Waals surface area contributed by atoms with Crippen LogP contribution < -0.4 is 0 Å². The van der Waals surface area contributed by atoms with E-state index in [2.05, 4.69) is 218 Å². The molecule has 0 saturated heterocycles. The normalized spacial score (nSPS) is 12.2. The summed E-state index contributed by atoms with van der Waals surface area (Å²) < 4.78 is 8.25. The molecule has 3 aromatic heterocycles. The van der Waals surface area contributed by atoms with Crippen LogP contribution in [0.1, 0.15) is 0 Å². The van der Waals surface area contributed by atoms with Crippen LogP contribution in [0.4, 0.5) is 0 Å². The molecule has 3 heterocycles. The number of thiophene rings is 2. The van der Waals surface area contributed by atoms with E-state index >= 15 is 0 Å². The van der Waals surface area contributed by atoms with Crippen LogP contribution in [0.2, 0.25) is 0 Å². The molecule has 15 aromatic rings. The van der Waals surface area contributed by atoms with Crippen molar-refractivity contribution in [2.75, 3.05) is 0 Å². The zero-order valence-electron chi connectivity index (χ0n) is 36.0. The molecule has 0 aliphatic carbocycles. The fourth-order valence-corrected chi connectivity index (χ4v) is 16.2. The number of hydrogen-bond acceptors (Lipinski definition) is 2. The Hall–Kier alpha value is -7.36. The van der Waals surface area contributed by atoms with Crippen LogP contribution in [0, 0.1) is 0 Å². The second-order valence-corrected chi connectivity index (χ2v) is 22.2. The van der Waals surface area contributed by atoms with E-state index in [9.17, 15) is 0 Å². The van der Waals surface area contributed by atoms with E-state index in [1.165, 1.54) is 147 Å². The Morgan fingerprint density at radius 3 is 1.06 bits per heavy atom. The van der Waals surface area contributed by atoms with Crippen LogP contribution in [-0.2, 0) is 0 Å². The third-order valence-electron chi connectivity index (χ3n) is 14.3. The molecule has 310 valence electrons. The SMILES string of the molecule is c1ccc2c(c1)sc1cc(-c3c4ccccc4c(-c4ccc5[se]c6c(-c7c8ccccc8c(-c8ccc9c(c8)sc8ccccc89)c8ccccc78)cccc6c5c4)c4ccccc34)ccc12. The molecule has 0 atom stereocenters. The molecule has 0 saturated carbocycles. The van der Waals surface area contributed by atoms with Crippen molar-refractivity contribution < 1.29 is 0 Å². The van der Waals surface area contributed by atoms with Crippen LogP contribution >= 0.6 is 22.7 Å². The average molecular weight is 948 g/mol. The Labute approximate surface area is 400 Å². The standard InChI is InChI=1S/C64H36S2Se/c1-3-18-46-44(16-1)60(45-17-2-4-19-47(45)61(46)38-28-31-42-40-14-9-11-26-55(40)65-57(42)35-38)37-30-33-59-54(34-37)52-24-13-25-53(64(52)67-59)63-50-22-7-5-20-48(50)62(49-21-6-8-23-51(49)63)39-29-32-43-41-15-10-12-27-56(41)66-58(43)36-39/h1-36H. The molecule has 0 bridgehead atoms. The van der Waals surface area contributed by atoms with Crippen molar-refractivity contribution >= 4 is 140 Å². The molecule has 15 rings (SSSR count). The maximum atomic E-state index is 2.51. The first-order valence-electron chi connectivity index (χ1n) is 22.9. The van der Waals surface area contributed by atoms with Gasteiger partial charge in [0.25, 0.3) is 0 Å². The zero-order valence-corrected chi connectivity index (χ0v) is 39.4. The Bertz CT molecular complexity index is 4470. The number of rotatable bonds is 4. The molecule has 0 nitrogen and oxygen atoms in total. The van der Waals surface area contributed by atoms with Crippen LogP contribution in [0.3, 0.4) is 0 Å². The fraction of sp³-hybridized carbons (Fsp3) is 0. The third-order valence-corrected chi connectivity index (χ3v) is 19.1. The van der Waals surface area contributed by atoms with Crippen molar-refractivity contribution in [2.24, 2.45) is 0 Å².